The molecule has 3 rings (SSSR count). The number of methoxy groups -OCH3 is 1. The van der Waals surface area contributed by atoms with Gasteiger partial charge in [-0.3, -0.25) is 4.90 Å². The minimum Gasteiger partial charge on any atom is -0.497 e. The van der Waals surface area contributed by atoms with Crippen molar-refractivity contribution in [2.75, 3.05) is 26.7 Å². The van der Waals surface area contributed by atoms with Gasteiger partial charge in [-0.05, 0) is 56.5 Å². The van der Waals surface area contributed by atoms with Crippen LogP contribution < -0.4 is 9.46 Å². The third-order valence-corrected chi connectivity index (χ3v) is 6.03. The topological polar surface area (TPSA) is 84.7 Å². The van der Waals surface area contributed by atoms with Crippen molar-refractivity contribution < 1.29 is 17.7 Å². The highest BCUT2D eigenvalue weighted by molar-refractivity contribution is 7.89. The van der Waals surface area contributed by atoms with E-state index in [1.165, 1.54) is 0 Å². The number of hydrogen-bond donors (Lipinski definition) is 1. The predicted octanol–water partition coefficient (Wildman–Crippen LogP) is 2.18. The first-order chi connectivity index (χ1) is 12.5. The van der Waals surface area contributed by atoms with Crippen molar-refractivity contribution in [3.63, 3.8) is 0 Å². The lowest BCUT2D eigenvalue weighted by molar-refractivity contribution is 0.154. The molecule has 0 saturated carbocycles. The molecule has 0 bridgehead atoms. The summed E-state index contributed by atoms with van der Waals surface area (Å²) in [5.41, 5.74) is 0.876. The van der Waals surface area contributed by atoms with Gasteiger partial charge in [-0.15, -0.1) is 0 Å². The van der Waals surface area contributed by atoms with Crippen LogP contribution in [0.4, 0.5) is 0 Å². The molecule has 1 aromatic carbocycles. The average molecular weight is 379 g/mol. The predicted molar refractivity (Wildman–Crippen MR) is 97.4 cm³/mol. The first-order valence-electron chi connectivity index (χ1n) is 8.74. The molecule has 1 aromatic heterocycles. The van der Waals surface area contributed by atoms with Gasteiger partial charge in [-0.25, -0.2) is 13.1 Å². The van der Waals surface area contributed by atoms with Crippen LogP contribution in [-0.2, 0) is 16.6 Å². The number of likely N-dealkylation sites (tertiary alicyclic amines) is 1. The molecule has 8 heteroatoms. The van der Waals surface area contributed by atoms with Gasteiger partial charge in [0.2, 0.25) is 10.0 Å². The average Bonchev–Trinajstić information content (AvgIpc) is 3.05. The van der Waals surface area contributed by atoms with Crippen LogP contribution in [-0.4, -0.2) is 45.2 Å². The summed E-state index contributed by atoms with van der Waals surface area (Å²) in [4.78, 5) is 2.54. The van der Waals surface area contributed by atoms with Gasteiger partial charge in [0, 0.05) is 19.2 Å². The number of sulfonamides is 1. The van der Waals surface area contributed by atoms with Gasteiger partial charge in [0.05, 0.1) is 24.2 Å². The van der Waals surface area contributed by atoms with Gasteiger partial charge in [0.25, 0.3) is 0 Å². The maximum absolute atomic E-state index is 12.5. The van der Waals surface area contributed by atoms with E-state index in [0.29, 0.717) is 18.8 Å². The van der Waals surface area contributed by atoms with Gasteiger partial charge in [0.1, 0.15) is 5.75 Å². The Morgan fingerprint density at radius 2 is 2.12 bits per heavy atom. The summed E-state index contributed by atoms with van der Waals surface area (Å²) in [5.74, 6) is 1.76. The largest absolute Gasteiger partial charge is 0.497 e. The van der Waals surface area contributed by atoms with Crippen LogP contribution >= 0.6 is 0 Å². The fourth-order valence-electron chi connectivity index (χ4n) is 3.24. The number of benzene rings is 1. The lowest BCUT2D eigenvalue weighted by atomic mass is 9.98. The van der Waals surface area contributed by atoms with Crippen LogP contribution in [0, 0.1) is 12.8 Å². The Labute approximate surface area is 154 Å². The number of nitrogens with zero attached hydrogens (tertiary/aromatic N) is 2. The van der Waals surface area contributed by atoms with E-state index in [2.05, 4.69) is 14.8 Å². The van der Waals surface area contributed by atoms with Crippen molar-refractivity contribution in [3.8, 4) is 5.75 Å². The number of ether oxygens (including phenoxy) is 1. The van der Waals surface area contributed by atoms with Gasteiger partial charge in [-0.2, -0.15) is 0 Å². The van der Waals surface area contributed by atoms with E-state index < -0.39 is 10.0 Å². The Hall–Kier alpha value is -1.90. The van der Waals surface area contributed by atoms with Crippen molar-refractivity contribution in [2.45, 2.75) is 31.2 Å². The number of hydrogen-bond acceptors (Lipinski definition) is 6. The number of piperidine rings is 1. The molecule has 2 aromatic rings. The normalized spacial score (nSPS) is 18.8. The van der Waals surface area contributed by atoms with Crippen LogP contribution in [0.2, 0.25) is 0 Å². The zero-order chi connectivity index (χ0) is 18.6. The highest BCUT2D eigenvalue weighted by atomic mass is 32.2. The second kappa shape index (κ2) is 8.20. The van der Waals surface area contributed by atoms with Crippen molar-refractivity contribution in [1.29, 1.82) is 0 Å². The molecule has 2 heterocycles. The Balaban J connectivity index is 1.54. The maximum Gasteiger partial charge on any atom is 0.240 e. The zero-order valence-electron chi connectivity index (χ0n) is 15.1. The molecule has 142 valence electrons. The Morgan fingerprint density at radius 3 is 2.77 bits per heavy atom. The van der Waals surface area contributed by atoms with E-state index in [9.17, 15) is 8.42 Å². The SMILES string of the molecule is COc1ccc(S(=O)(=O)NC[C@@H]2CCCN(Cc3cc(C)no3)C2)cc1. The van der Waals surface area contributed by atoms with Gasteiger partial charge in [0.15, 0.2) is 5.76 Å². The molecule has 1 saturated heterocycles. The van der Waals surface area contributed by atoms with Crippen LogP contribution in [0.5, 0.6) is 5.75 Å². The lowest BCUT2D eigenvalue weighted by Gasteiger charge is -2.32. The van der Waals surface area contributed by atoms with Gasteiger partial charge in [-0.1, -0.05) is 5.16 Å². The maximum atomic E-state index is 12.5. The third-order valence-electron chi connectivity index (χ3n) is 4.59. The summed E-state index contributed by atoms with van der Waals surface area (Å²) in [6.07, 6.45) is 2.05. The minimum absolute atomic E-state index is 0.253. The molecular weight excluding hydrogens is 354 g/mol. The Bertz CT molecular complexity index is 817. The van der Waals surface area contributed by atoms with Crippen LogP contribution in [0.1, 0.15) is 24.3 Å². The quantitative estimate of drug-likeness (QED) is 0.794. The zero-order valence-corrected chi connectivity index (χ0v) is 16.0. The second-order valence-electron chi connectivity index (χ2n) is 6.71. The fourth-order valence-corrected chi connectivity index (χ4v) is 4.35. The standard InChI is InChI=1S/C18H25N3O4S/c1-14-10-17(25-20-14)13-21-9-3-4-15(12-21)11-19-26(22,23)18-7-5-16(24-2)6-8-18/h5-8,10,15,19H,3-4,9,11-13H2,1-2H3/t15-/m0/s1. The molecule has 0 spiro atoms. The molecule has 26 heavy (non-hydrogen) atoms. The van der Waals surface area contributed by atoms with E-state index in [1.54, 1.807) is 31.4 Å². The van der Waals surface area contributed by atoms with E-state index in [1.807, 2.05) is 13.0 Å². The van der Waals surface area contributed by atoms with Crippen molar-refractivity contribution in [1.82, 2.24) is 14.8 Å². The highest BCUT2D eigenvalue weighted by Gasteiger charge is 2.23. The van der Waals surface area contributed by atoms with E-state index in [-0.39, 0.29) is 10.8 Å². The molecule has 1 atom stereocenters. The van der Waals surface area contributed by atoms with Crippen LogP contribution in [0.3, 0.4) is 0 Å². The first-order valence-corrected chi connectivity index (χ1v) is 10.2. The summed E-state index contributed by atoms with van der Waals surface area (Å²) in [5, 5.41) is 3.91. The van der Waals surface area contributed by atoms with Crippen molar-refractivity contribution >= 4 is 10.0 Å². The smallest absolute Gasteiger partial charge is 0.240 e. The van der Waals surface area contributed by atoms with Crippen molar-refractivity contribution in [2.24, 2.45) is 5.92 Å². The Kier molecular flexibility index (Phi) is 5.95. The number of nitrogens with one attached hydrogen (secondary N) is 1. The molecule has 1 N–H and O–H groups in total. The third kappa shape index (κ3) is 4.84. The van der Waals surface area contributed by atoms with Crippen LogP contribution in [0.15, 0.2) is 39.8 Å². The summed E-state index contributed by atoms with van der Waals surface area (Å²) in [6, 6.07) is 8.35. The molecule has 0 radical (unpaired) electrons. The highest BCUT2D eigenvalue weighted by Crippen LogP contribution is 2.20. The molecule has 1 fully saturated rings. The lowest BCUT2D eigenvalue weighted by Crippen LogP contribution is -2.40. The van der Waals surface area contributed by atoms with E-state index in [4.69, 9.17) is 9.26 Å². The number of aromatic nitrogens is 1. The molecule has 0 aliphatic carbocycles. The summed E-state index contributed by atoms with van der Waals surface area (Å²) < 4.78 is 38.0. The molecule has 0 amide bonds. The summed E-state index contributed by atoms with van der Waals surface area (Å²) in [6.45, 7) is 4.87. The van der Waals surface area contributed by atoms with Gasteiger partial charge < -0.3 is 9.26 Å². The van der Waals surface area contributed by atoms with Crippen LogP contribution in [0.25, 0.3) is 0 Å². The minimum atomic E-state index is -3.51. The molecule has 1 aliphatic heterocycles. The summed E-state index contributed by atoms with van der Waals surface area (Å²) >= 11 is 0. The number of aryl methyl sites for hydroxylation is 1. The molecule has 7 nitrogen and oxygen atoms in total. The molecule has 0 unspecified atom stereocenters. The number of rotatable bonds is 7. The van der Waals surface area contributed by atoms with Gasteiger partial charge >= 0.3 is 0 Å². The van der Waals surface area contributed by atoms with E-state index in [0.717, 1.165) is 37.4 Å². The summed E-state index contributed by atoms with van der Waals surface area (Å²) in [7, 11) is -1.96. The second-order valence-corrected chi connectivity index (χ2v) is 8.47. The molecular formula is C18H25N3O4S. The monoisotopic (exact) mass is 379 g/mol. The fraction of sp³-hybridized carbons (Fsp3) is 0.500. The first kappa shape index (κ1) is 18.9. The molecule has 1 aliphatic rings. The van der Waals surface area contributed by atoms with E-state index >= 15 is 0 Å². The van der Waals surface area contributed by atoms with Crippen molar-refractivity contribution in [3.05, 3.63) is 41.8 Å². The Morgan fingerprint density at radius 1 is 1.35 bits per heavy atom.